The van der Waals surface area contributed by atoms with E-state index in [-0.39, 0.29) is 11.9 Å². The van der Waals surface area contributed by atoms with Gasteiger partial charge in [-0.3, -0.25) is 4.79 Å². The normalized spacial score (nSPS) is 22.7. The van der Waals surface area contributed by atoms with Crippen molar-refractivity contribution < 1.29 is 9.53 Å². The van der Waals surface area contributed by atoms with Gasteiger partial charge in [-0.05, 0) is 50.8 Å². The topological polar surface area (TPSA) is 54.5 Å². The second kappa shape index (κ2) is 5.99. The zero-order valence-corrected chi connectivity index (χ0v) is 14.0. The summed E-state index contributed by atoms with van der Waals surface area (Å²) >= 11 is 6.91. The molecule has 0 radical (unpaired) electrons. The van der Waals surface area contributed by atoms with Crippen molar-refractivity contribution in [2.45, 2.75) is 24.9 Å². The number of amides is 1. The highest BCUT2D eigenvalue weighted by Gasteiger charge is 2.34. The summed E-state index contributed by atoms with van der Waals surface area (Å²) in [6, 6.07) is 1.98. The van der Waals surface area contributed by atoms with Crippen molar-refractivity contribution in [1.29, 1.82) is 0 Å². The Bertz CT molecular complexity index is 522. The van der Waals surface area contributed by atoms with Crippen molar-refractivity contribution in [3.8, 4) is 0 Å². The van der Waals surface area contributed by atoms with Crippen molar-refractivity contribution in [1.82, 2.24) is 10.3 Å². The molecule has 2 fully saturated rings. The van der Waals surface area contributed by atoms with Crippen LogP contribution in [0.1, 0.15) is 12.8 Å². The van der Waals surface area contributed by atoms with E-state index in [2.05, 4.69) is 42.2 Å². The molecule has 1 saturated heterocycles. The third-order valence-corrected chi connectivity index (χ3v) is 4.43. The van der Waals surface area contributed by atoms with Crippen molar-refractivity contribution in [2.24, 2.45) is 0 Å². The second-order valence-corrected chi connectivity index (χ2v) is 6.80. The number of hydrogen-bond acceptors (Lipinski definition) is 4. The van der Waals surface area contributed by atoms with Gasteiger partial charge < -0.3 is 15.0 Å². The predicted molar refractivity (Wildman–Crippen MR) is 82.8 cm³/mol. The minimum absolute atomic E-state index is 0.0313. The first kappa shape index (κ1) is 14.3. The molecule has 0 bridgehead atoms. The third-order valence-electron chi connectivity index (χ3n) is 3.42. The van der Waals surface area contributed by atoms with Crippen LogP contribution in [0.5, 0.6) is 0 Å². The summed E-state index contributed by atoms with van der Waals surface area (Å²) in [5.41, 5.74) is 0. The monoisotopic (exact) mass is 403 g/mol. The Balaban J connectivity index is 1.81. The maximum atomic E-state index is 12.3. The standard InChI is InChI=1S/C13H15Br2N3O2/c14-8-5-10(15)12(16-6-8)18-3-4-20-7-11(18)13(19)17-9-1-2-9/h5-6,9,11H,1-4,7H2,(H,17,19). The number of anilines is 1. The van der Waals surface area contributed by atoms with Gasteiger partial charge in [0.2, 0.25) is 5.91 Å². The quantitative estimate of drug-likeness (QED) is 0.837. The van der Waals surface area contributed by atoms with Crippen LogP contribution in [-0.2, 0) is 9.53 Å². The maximum Gasteiger partial charge on any atom is 0.245 e. The fraction of sp³-hybridized carbons (Fsp3) is 0.538. The SMILES string of the molecule is O=C(NC1CC1)C1COCCN1c1ncc(Br)cc1Br. The van der Waals surface area contributed by atoms with E-state index in [0.717, 1.165) is 27.6 Å². The summed E-state index contributed by atoms with van der Waals surface area (Å²) in [6.45, 7) is 1.68. The van der Waals surface area contributed by atoms with Crippen molar-refractivity contribution >= 4 is 43.6 Å². The van der Waals surface area contributed by atoms with Crippen LogP contribution in [0, 0.1) is 0 Å². The van der Waals surface area contributed by atoms with Gasteiger partial charge in [-0.15, -0.1) is 0 Å². The first-order valence-electron chi connectivity index (χ1n) is 6.61. The number of halogens is 2. The van der Waals surface area contributed by atoms with Gasteiger partial charge in [0, 0.05) is 23.3 Å². The average Bonchev–Trinajstić information content (AvgIpc) is 3.23. The first-order valence-corrected chi connectivity index (χ1v) is 8.19. The van der Waals surface area contributed by atoms with Gasteiger partial charge >= 0.3 is 0 Å². The molecule has 2 heterocycles. The number of nitrogens with one attached hydrogen (secondary N) is 1. The summed E-state index contributed by atoms with van der Waals surface area (Å²) in [5.74, 6) is 0.816. The van der Waals surface area contributed by atoms with E-state index in [4.69, 9.17) is 4.74 Å². The number of carbonyl (C=O) groups excluding carboxylic acids is 1. The van der Waals surface area contributed by atoms with Crippen molar-refractivity contribution in [3.63, 3.8) is 0 Å². The number of carbonyl (C=O) groups is 1. The highest BCUT2D eigenvalue weighted by Crippen LogP contribution is 2.29. The molecule has 1 unspecified atom stereocenters. The number of hydrogen-bond donors (Lipinski definition) is 1. The molecule has 1 aromatic heterocycles. The number of ether oxygens (including phenoxy) is 1. The van der Waals surface area contributed by atoms with Gasteiger partial charge in [0.1, 0.15) is 11.9 Å². The predicted octanol–water partition coefficient (Wildman–Crippen LogP) is 2.09. The lowest BCUT2D eigenvalue weighted by atomic mass is 10.2. The molecular weight excluding hydrogens is 390 g/mol. The van der Waals surface area contributed by atoms with Crippen LogP contribution in [0.4, 0.5) is 5.82 Å². The van der Waals surface area contributed by atoms with Crippen LogP contribution in [0.3, 0.4) is 0 Å². The molecule has 1 amide bonds. The van der Waals surface area contributed by atoms with E-state index in [1.165, 1.54) is 0 Å². The number of nitrogens with zero attached hydrogens (tertiary/aromatic N) is 2. The maximum absolute atomic E-state index is 12.3. The fourth-order valence-electron chi connectivity index (χ4n) is 2.22. The van der Waals surface area contributed by atoms with Gasteiger partial charge in [-0.2, -0.15) is 0 Å². The summed E-state index contributed by atoms with van der Waals surface area (Å²) in [6.07, 6.45) is 3.91. The van der Waals surface area contributed by atoms with Crippen LogP contribution in [0.25, 0.3) is 0 Å². The largest absolute Gasteiger partial charge is 0.377 e. The molecule has 1 aliphatic carbocycles. The number of rotatable bonds is 3. The molecule has 20 heavy (non-hydrogen) atoms. The van der Waals surface area contributed by atoms with Gasteiger partial charge in [-0.1, -0.05) is 0 Å². The fourth-order valence-corrected chi connectivity index (χ4v) is 3.43. The highest BCUT2D eigenvalue weighted by molar-refractivity contribution is 9.11. The van der Waals surface area contributed by atoms with Crippen LogP contribution < -0.4 is 10.2 Å². The summed E-state index contributed by atoms with van der Waals surface area (Å²) in [5, 5.41) is 3.04. The van der Waals surface area contributed by atoms with Crippen molar-refractivity contribution in [3.05, 3.63) is 21.2 Å². The van der Waals surface area contributed by atoms with Gasteiger partial charge in [0.05, 0.1) is 17.7 Å². The lowest BCUT2D eigenvalue weighted by Crippen LogP contribution is -2.54. The second-order valence-electron chi connectivity index (χ2n) is 5.03. The Kier molecular flexibility index (Phi) is 4.28. The lowest BCUT2D eigenvalue weighted by molar-refractivity contribution is -0.124. The summed E-state index contributed by atoms with van der Waals surface area (Å²) in [4.78, 5) is 18.8. The minimum Gasteiger partial charge on any atom is -0.377 e. The van der Waals surface area contributed by atoms with E-state index in [1.807, 2.05) is 11.0 Å². The van der Waals surface area contributed by atoms with Crippen molar-refractivity contribution in [2.75, 3.05) is 24.7 Å². The first-order chi connectivity index (χ1) is 9.65. The van der Waals surface area contributed by atoms with Gasteiger partial charge in [0.15, 0.2) is 0 Å². The zero-order valence-electron chi connectivity index (χ0n) is 10.8. The molecule has 1 atom stereocenters. The zero-order chi connectivity index (χ0) is 14.1. The van der Waals surface area contributed by atoms with Crippen LogP contribution in [-0.4, -0.2) is 42.7 Å². The number of aromatic nitrogens is 1. The van der Waals surface area contributed by atoms with E-state index in [9.17, 15) is 4.79 Å². The van der Waals surface area contributed by atoms with Gasteiger partial charge in [0.25, 0.3) is 0 Å². The molecule has 1 aromatic rings. The third kappa shape index (κ3) is 3.15. The molecule has 1 aliphatic heterocycles. The Morgan fingerprint density at radius 2 is 2.25 bits per heavy atom. The Morgan fingerprint density at radius 3 is 2.95 bits per heavy atom. The lowest BCUT2D eigenvalue weighted by Gasteiger charge is -2.36. The summed E-state index contributed by atoms with van der Waals surface area (Å²) < 4.78 is 7.24. The molecular formula is C13H15Br2N3O2. The van der Waals surface area contributed by atoms with Crippen LogP contribution >= 0.6 is 31.9 Å². The van der Waals surface area contributed by atoms with Gasteiger partial charge in [-0.25, -0.2) is 4.98 Å². The smallest absolute Gasteiger partial charge is 0.245 e. The van der Waals surface area contributed by atoms with Crippen LogP contribution in [0.15, 0.2) is 21.2 Å². The molecule has 108 valence electrons. The number of pyridine rings is 1. The minimum atomic E-state index is -0.311. The Morgan fingerprint density at radius 1 is 1.45 bits per heavy atom. The molecule has 1 N–H and O–H groups in total. The molecule has 2 aliphatic rings. The van der Waals surface area contributed by atoms with Crippen LogP contribution in [0.2, 0.25) is 0 Å². The van der Waals surface area contributed by atoms with E-state index < -0.39 is 0 Å². The Hall–Kier alpha value is -0.660. The molecule has 3 rings (SSSR count). The summed E-state index contributed by atoms with van der Waals surface area (Å²) in [7, 11) is 0. The highest BCUT2D eigenvalue weighted by atomic mass is 79.9. The molecule has 7 heteroatoms. The Labute approximate surface area is 134 Å². The molecule has 5 nitrogen and oxygen atoms in total. The van der Waals surface area contributed by atoms with E-state index in [0.29, 0.717) is 25.8 Å². The molecule has 0 spiro atoms. The van der Waals surface area contributed by atoms with E-state index in [1.54, 1.807) is 6.20 Å². The molecule has 1 saturated carbocycles. The molecule has 0 aromatic carbocycles. The average molecular weight is 405 g/mol. The van der Waals surface area contributed by atoms with E-state index >= 15 is 0 Å². The number of morpholine rings is 1.